The first-order valence-electron chi connectivity index (χ1n) is 8.72. The average molecular weight is 339 g/mol. The summed E-state index contributed by atoms with van der Waals surface area (Å²) in [6.07, 6.45) is 6.57. The van der Waals surface area contributed by atoms with Gasteiger partial charge in [-0.25, -0.2) is 9.37 Å². The van der Waals surface area contributed by atoms with E-state index >= 15 is 0 Å². The molecule has 0 atom stereocenters. The Morgan fingerprint density at radius 1 is 1.12 bits per heavy atom. The van der Waals surface area contributed by atoms with Crippen molar-refractivity contribution in [2.45, 2.75) is 39.0 Å². The van der Waals surface area contributed by atoms with Crippen molar-refractivity contribution in [3.63, 3.8) is 0 Å². The molecule has 3 rings (SSSR count). The molecule has 0 unspecified atom stereocenters. The number of pyridine rings is 1. The van der Waals surface area contributed by atoms with Crippen molar-refractivity contribution < 1.29 is 9.18 Å². The van der Waals surface area contributed by atoms with Crippen LogP contribution in [0.15, 0.2) is 48.7 Å². The van der Waals surface area contributed by atoms with E-state index in [0.29, 0.717) is 17.9 Å². The lowest BCUT2D eigenvalue weighted by molar-refractivity contribution is -0.116. The first-order valence-corrected chi connectivity index (χ1v) is 8.72. The van der Waals surface area contributed by atoms with E-state index in [1.165, 1.54) is 12.1 Å². The number of halogens is 1. The zero-order chi connectivity index (χ0) is 17.6. The summed E-state index contributed by atoms with van der Waals surface area (Å²) in [7, 11) is 0. The molecule has 0 saturated carbocycles. The first-order chi connectivity index (χ1) is 12.2. The number of carbonyl (C=O) groups is 1. The van der Waals surface area contributed by atoms with Crippen LogP contribution in [0.1, 0.15) is 39.0 Å². The van der Waals surface area contributed by atoms with Crippen LogP contribution in [0.5, 0.6) is 0 Å². The molecule has 0 spiro atoms. The lowest BCUT2D eigenvalue weighted by Gasteiger charge is -2.08. The Morgan fingerprint density at radius 2 is 1.92 bits per heavy atom. The molecule has 0 bridgehead atoms. The molecule has 3 aromatic rings. The van der Waals surface area contributed by atoms with Gasteiger partial charge in [-0.3, -0.25) is 9.20 Å². The normalized spacial score (nSPS) is 11.0. The molecule has 2 aromatic heterocycles. The zero-order valence-electron chi connectivity index (χ0n) is 14.3. The van der Waals surface area contributed by atoms with E-state index in [4.69, 9.17) is 0 Å². The molecule has 0 aliphatic rings. The van der Waals surface area contributed by atoms with Gasteiger partial charge in [0.05, 0.1) is 0 Å². The highest BCUT2D eigenvalue weighted by Crippen LogP contribution is 2.29. The molecule has 0 fully saturated rings. The van der Waals surface area contributed by atoms with Gasteiger partial charge in [0.1, 0.15) is 23.0 Å². The summed E-state index contributed by atoms with van der Waals surface area (Å²) in [6, 6.07) is 11.8. The third kappa shape index (κ3) is 4.05. The first kappa shape index (κ1) is 17.1. The summed E-state index contributed by atoms with van der Waals surface area (Å²) in [5.41, 5.74) is 2.16. The lowest BCUT2D eigenvalue weighted by atomic mass is 10.1. The number of amides is 1. The van der Waals surface area contributed by atoms with Crippen LogP contribution in [0, 0.1) is 5.82 Å². The fourth-order valence-corrected chi connectivity index (χ4v) is 2.83. The number of benzene rings is 1. The van der Waals surface area contributed by atoms with Crippen LogP contribution >= 0.6 is 0 Å². The number of hydrogen-bond donors (Lipinski definition) is 1. The third-order valence-electron chi connectivity index (χ3n) is 4.16. The molecular weight excluding hydrogens is 317 g/mol. The molecule has 1 N–H and O–H groups in total. The second-order valence-corrected chi connectivity index (χ2v) is 6.10. The molecular formula is C20H22FN3O. The predicted octanol–water partition coefficient (Wildman–Crippen LogP) is 5.05. The van der Waals surface area contributed by atoms with Gasteiger partial charge in [-0.1, -0.05) is 32.3 Å². The number of fused-ring (bicyclic) bond motifs is 1. The molecule has 0 radical (unpaired) electrons. The van der Waals surface area contributed by atoms with Gasteiger partial charge in [0.25, 0.3) is 0 Å². The Morgan fingerprint density at radius 3 is 2.68 bits per heavy atom. The van der Waals surface area contributed by atoms with Gasteiger partial charge < -0.3 is 5.32 Å². The molecule has 1 aromatic carbocycles. The van der Waals surface area contributed by atoms with Crippen molar-refractivity contribution in [1.82, 2.24) is 9.38 Å². The maximum atomic E-state index is 13.2. The van der Waals surface area contributed by atoms with Gasteiger partial charge in [0, 0.05) is 18.2 Å². The van der Waals surface area contributed by atoms with Crippen LogP contribution in [0.4, 0.5) is 10.2 Å². The number of unbranched alkanes of at least 4 members (excludes halogenated alkanes) is 3. The van der Waals surface area contributed by atoms with Gasteiger partial charge in [-0.2, -0.15) is 0 Å². The molecule has 130 valence electrons. The second-order valence-electron chi connectivity index (χ2n) is 6.10. The highest BCUT2D eigenvalue weighted by molar-refractivity contribution is 5.94. The van der Waals surface area contributed by atoms with Crippen molar-refractivity contribution in [3.05, 3.63) is 54.5 Å². The molecule has 4 nitrogen and oxygen atoms in total. The minimum atomic E-state index is -0.297. The van der Waals surface area contributed by atoms with Crippen LogP contribution in [0.25, 0.3) is 16.9 Å². The van der Waals surface area contributed by atoms with Crippen LogP contribution < -0.4 is 5.32 Å². The number of anilines is 1. The lowest BCUT2D eigenvalue weighted by Crippen LogP contribution is -2.13. The van der Waals surface area contributed by atoms with Crippen LogP contribution in [-0.2, 0) is 4.79 Å². The summed E-state index contributed by atoms with van der Waals surface area (Å²) in [5, 5.41) is 2.99. The van der Waals surface area contributed by atoms with E-state index in [1.807, 2.05) is 28.8 Å². The van der Waals surface area contributed by atoms with Crippen molar-refractivity contribution in [2.75, 3.05) is 5.32 Å². The monoisotopic (exact) mass is 339 g/mol. The summed E-state index contributed by atoms with van der Waals surface area (Å²) >= 11 is 0. The summed E-state index contributed by atoms with van der Waals surface area (Å²) < 4.78 is 15.1. The largest absolute Gasteiger partial charge is 0.310 e. The van der Waals surface area contributed by atoms with E-state index in [-0.39, 0.29) is 11.7 Å². The highest BCUT2D eigenvalue weighted by atomic mass is 19.1. The Hall–Kier alpha value is -2.69. The molecule has 0 aliphatic carbocycles. The van der Waals surface area contributed by atoms with Crippen molar-refractivity contribution in [2.24, 2.45) is 0 Å². The molecule has 1 amide bonds. The van der Waals surface area contributed by atoms with Crippen molar-refractivity contribution in [1.29, 1.82) is 0 Å². The topological polar surface area (TPSA) is 46.4 Å². The quantitative estimate of drug-likeness (QED) is 0.612. The summed E-state index contributed by atoms with van der Waals surface area (Å²) in [5.74, 6) is 0.307. The van der Waals surface area contributed by atoms with Gasteiger partial charge >= 0.3 is 0 Å². The van der Waals surface area contributed by atoms with Crippen LogP contribution in [-0.4, -0.2) is 15.3 Å². The van der Waals surface area contributed by atoms with Gasteiger partial charge in [-0.15, -0.1) is 0 Å². The fraction of sp³-hybridized carbons (Fsp3) is 0.300. The molecule has 25 heavy (non-hydrogen) atoms. The number of imidazole rings is 1. The molecule has 2 heterocycles. The third-order valence-corrected chi connectivity index (χ3v) is 4.16. The highest BCUT2D eigenvalue weighted by Gasteiger charge is 2.16. The van der Waals surface area contributed by atoms with Gasteiger partial charge in [-0.05, 0) is 42.8 Å². The minimum Gasteiger partial charge on any atom is -0.310 e. The molecule has 0 aliphatic heterocycles. The smallest absolute Gasteiger partial charge is 0.225 e. The summed E-state index contributed by atoms with van der Waals surface area (Å²) in [4.78, 5) is 16.9. The van der Waals surface area contributed by atoms with E-state index < -0.39 is 0 Å². The molecule has 5 heteroatoms. The summed E-state index contributed by atoms with van der Waals surface area (Å²) in [6.45, 7) is 2.15. The van der Waals surface area contributed by atoms with Crippen LogP contribution in [0.2, 0.25) is 0 Å². The SMILES string of the molecule is CCCCCCC(=O)Nc1c(-c2ccc(F)cc2)nc2ccccn12. The van der Waals surface area contributed by atoms with Crippen molar-refractivity contribution >= 4 is 17.4 Å². The van der Waals surface area contributed by atoms with E-state index in [9.17, 15) is 9.18 Å². The van der Waals surface area contributed by atoms with Gasteiger partial charge in [0.15, 0.2) is 0 Å². The maximum Gasteiger partial charge on any atom is 0.225 e. The van der Waals surface area contributed by atoms with Gasteiger partial charge in [0.2, 0.25) is 5.91 Å². The van der Waals surface area contributed by atoms with E-state index in [1.54, 1.807) is 12.1 Å². The van der Waals surface area contributed by atoms with E-state index in [0.717, 1.165) is 36.9 Å². The Bertz CT molecular complexity index is 855. The standard InChI is InChI=1S/C20H22FN3O/c1-2-3-4-5-9-18(25)23-20-19(15-10-12-16(21)13-11-15)22-17-8-6-7-14-24(17)20/h6-8,10-14H,2-5,9H2,1H3,(H,23,25). The Balaban J connectivity index is 1.88. The minimum absolute atomic E-state index is 0.0230. The molecule has 0 saturated heterocycles. The zero-order valence-corrected chi connectivity index (χ0v) is 14.3. The number of rotatable bonds is 7. The van der Waals surface area contributed by atoms with Crippen LogP contribution in [0.3, 0.4) is 0 Å². The number of aromatic nitrogens is 2. The predicted molar refractivity (Wildman–Crippen MR) is 98.0 cm³/mol. The second kappa shape index (κ2) is 7.92. The number of carbonyl (C=O) groups excluding carboxylic acids is 1. The van der Waals surface area contributed by atoms with E-state index in [2.05, 4.69) is 17.2 Å². The number of nitrogens with one attached hydrogen (secondary N) is 1. The fourth-order valence-electron chi connectivity index (χ4n) is 2.83. The average Bonchev–Trinajstić information content (AvgIpc) is 2.98. The Kier molecular flexibility index (Phi) is 5.43. The number of hydrogen-bond acceptors (Lipinski definition) is 2. The van der Waals surface area contributed by atoms with Crippen molar-refractivity contribution in [3.8, 4) is 11.3 Å². The maximum absolute atomic E-state index is 13.2. The Labute approximate surface area is 146 Å². The number of nitrogens with zero attached hydrogens (tertiary/aromatic N) is 2.